The molecule has 0 bridgehead atoms. The fourth-order valence-corrected chi connectivity index (χ4v) is 4.24. The average Bonchev–Trinajstić information content (AvgIpc) is 3.07. The first-order chi connectivity index (χ1) is 11.8. The molecule has 1 saturated carbocycles. The highest BCUT2D eigenvalue weighted by Gasteiger charge is 2.23. The first-order valence-electron chi connectivity index (χ1n) is 9.34. The van der Waals surface area contributed by atoms with Gasteiger partial charge < -0.3 is 9.88 Å². The van der Waals surface area contributed by atoms with Crippen molar-refractivity contribution in [2.45, 2.75) is 44.9 Å². The molecule has 1 aromatic carbocycles. The van der Waals surface area contributed by atoms with E-state index in [9.17, 15) is 4.79 Å². The maximum absolute atomic E-state index is 12.6. The fraction of sp³-hybridized carbons (Fsp3) is 0.476. The number of aromatic amines is 1. The van der Waals surface area contributed by atoms with Crippen LogP contribution in [0.5, 0.6) is 0 Å². The van der Waals surface area contributed by atoms with Gasteiger partial charge in [-0.1, -0.05) is 43.5 Å². The van der Waals surface area contributed by atoms with Crippen LogP contribution in [0, 0.1) is 5.92 Å². The Morgan fingerprint density at radius 3 is 2.79 bits per heavy atom. The van der Waals surface area contributed by atoms with E-state index in [1.54, 1.807) is 0 Å². The Hall–Kier alpha value is -2.03. The van der Waals surface area contributed by atoms with Crippen molar-refractivity contribution in [3.63, 3.8) is 0 Å². The number of fused-ring (bicyclic) bond motifs is 1. The van der Waals surface area contributed by atoms with Crippen molar-refractivity contribution in [3.8, 4) is 0 Å². The van der Waals surface area contributed by atoms with Gasteiger partial charge in [-0.25, -0.2) is 0 Å². The van der Waals surface area contributed by atoms with Crippen LogP contribution in [0.25, 0.3) is 16.5 Å². The molecule has 0 atom stereocenters. The normalized spacial score (nSPS) is 19.5. The summed E-state index contributed by atoms with van der Waals surface area (Å²) < 4.78 is 0. The molecule has 2 aliphatic rings. The number of carbonyl (C=O) groups excluding carboxylic acids is 1. The number of rotatable bonds is 3. The van der Waals surface area contributed by atoms with Crippen LogP contribution in [0.3, 0.4) is 0 Å². The standard InChI is InChI=1S/C21H26N2O/c24-21(14-16-6-2-1-3-7-16)23-12-10-17(11-13-23)19-15-22-20-9-5-4-8-18(19)20/h4-5,8-10,15-16,22H,1-3,6-7,11-14H2. The summed E-state index contributed by atoms with van der Waals surface area (Å²) >= 11 is 0. The summed E-state index contributed by atoms with van der Waals surface area (Å²) in [7, 11) is 0. The van der Waals surface area contributed by atoms with Crippen molar-refractivity contribution < 1.29 is 4.79 Å². The van der Waals surface area contributed by atoms with E-state index in [0.717, 1.165) is 25.9 Å². The molecule has 1 amide bonds. The van der Waals surface area contributed by atoms with Crippen LogP contribution in [0.2, 0.25) is 0 Å². The summed E-state index contributed by atoms with van der Waals surface area (Å²) in [5.74, 6) is 0.987. The zero-order valence-corrected chi connectivity index (χ0v) is 14.3. The molecule has 3 heteroatoms. The lowest BCUT2D eigenvalue weighted by Crippen LogP contribution is -2.35. The first-order valence-corrected chi connectivity index (χ1v) is 9.34. The van der Waals surface area contributed by atoms with Gasteiger partial charge in [0.15, 0.2) is 0 Å². The number of aromatic nitrogens is 1. The van der Waals surface area contributed by atoms with E-state index in [-0.39, 0.29) is 0 Å². The monoisotopic (exact) mass is 322 g/mol. The van der Waals surface area contributed by atoms with Crippen LogP contribution in [0.1, 0.15) is 50.5 Å². The Labute approximate surface area is 143 Å². The lowest BCUT2D eigenvalue weighted by molar-refractivity contribution is -0.132. The van der Waals surface area contributed by atoms with E-state index in [0.29, 0.717) is 11.8 Å². The minimum absolute atomic E-state index is 0.358. The Morgan fingerprint density at radius 2 is 2.00 bits per heavy atom. The van der Waals surface area contributed by atoms with E-state index in [1.165, 1.54) is 54.1 Å². The Balaban J connectivity index is 1.42. The second-order valence-corrected chi connectivity index (χ2v) is 7.28. The molecule has 1 aliphatic carbocycles. The van der Waals surface area contributed by atoms with Crippen molar-refractivity contribution in [2.75, 3.05) is 13.1 Å². The van der Waals surface area contributed by atoms with Gasteiger partial charge in [0.2, 0.25) is 5.91 Å². The van der Waals surface area contributed by atoms with Crippen molar-refractivity contribution in [2.24, 2.45) is 5.92 Å². The smallest absolute Gasteiger partial charge is 0.223 e. The highest BCUT2D eigenvalue weighted by Crippen LogP contribution is 2.30. The molecule has 4 rings (SSSR count). The molecule has 2 heterocycles. The highest BCUT2D eigenvalue weighted by atomic mass is 16.2. The molecule has 126 valence electrons. The number of nitrogens with zero attached hydrogens (tertiary/aromatic N) is 1. The highest BCUT2D eigenvalue weighted by molar-refractivity contribution is 5.93. The van der Waals surface area contributed by atoms with Gasteiger partial charge in [-0.15, -0.1) is 0 Å². The zero-order chi connectivity index (χ0) is 16.4. The van der Waals surface area contributed by atoms with E-state index >= 15 is 0 Å². The maximum atomic E-state index is 12.6. The maximum Gasteiger partial charge on any atom is 0.223 e. The third kappa shape index (κ3) is 3.12. The molecule has 1 aromatic heterocycles. The van der Waals surface area contributed by atoms with Gasteiger partial charge in [-0.05, 0) is 36.8 Å². The quantitative estimate of drug-likeness (QED) is 0.869. The van der Waals surface area contributed by atoms with Crippen LogP contribution in [-0.2, 0) is 4.79 Å². The molecular weight excluding hydrogens is 296 g/mol. The molecule has 0 radical (unpaired) electrons. The lowest BCUT2D eigenvalue weighted by atomic mass is 9.86. The molecule has 1 N–H and O–H groups in total. The van der Waals surface area contributed by atoms with Gasteiger partial charge in [0.25, 0.3) is 0 Å². The average molecular weight is 322 g/mol. The molecule has 0 saturated heterocycles. The number of para-hydroxylation sites is 1. The van der Waals surface area contributed by atoms with Gasteiger partial charge in [-0.2, -0.15) is 0 Å². The van der Waals surface area contributed by atoms with Crippen LogP contribution in [0.4, 0.5) is 0 Å². The number of benzene rings is 1. The predicted octanol–water partition coefficient (Wildman–Crippen LogP) is 4.75. The minimum Gasteiger partial charge on any atom is -0.361 e. The molecule has 1 aliphatic heterocycles. The molecule has 0 unspecified atom stereocenters. The summed E-state index contributed by atoms with van der Waals surface area (Å²) in [6, 6.07) is 8.43. The third-order valence-corrected chi connectivity index (χ3v) is 5.69. The predicted molar refractivity (Wildman–Crippen MR) is 98.7 cm³/mol. The fourth-order valence-electron chi connectivity index (χ4n) is 4.24. The zero-order valence-electron chi connectivity index (χ0n) is 14.3. The van der Waals surface area contributed by atoms with Gasteiger partial charge in [0, 0.05) is 42.2 Å². The molecule has 2 aromatic rings. The third-order valence-electron chi connectivity index (χ3n) is 5.69. The second kappa shape index (κ2) is 6.84. The summed E-state index contributed by atoms with van der Waals surface area (Å²) in [4.78, 5) is 18.0. The summed E-state index contributed by atoms with van der Waals surface area (Å²) in [6.07, 6.45) is 12.5. The Bertz CT molecular complexity index is 752. The topological polar surface area (TPSA) is 36.1 Å². The number of H-pyrrole nitrogens is 1. The number of amides is 1. The van der Waals surface area contributed by atoms with E-state index in [4.69, 9.17) is 0 Å². The van der Waals surface area contributed by atoms with Crippen LogP contribution < -0.4 is 0 Å². The van der Waals surface area contributed by atoms with Crippen LogP contribution >= 0.6 is 0 Å². The number of hydrogen-bond acceptors (Lipinski definition) is 1. The first kappa shape index (κ1) is 15.5. The molecular formula is C21H26N2O. The van der Waals surface area contributed by atoms with Crippen LogP contribution in [0.15, 0.2) is 36.5 Å². The second-order valence-electron chi connectivity index (χ2n) is 7.28. The molecule has 1 fully saturated rings. The SMILES string of the molecule is O=C(CC1CCCCC1)N1CC=C(c2c[nH]c3ccccc23)CC1. The van der Waals surface area contributed by atoms with Gasteiger partial charge in [0.05, 0.1) is 0 Å². The van der Waals surface area contributed by atoms with E-state index in [2.05, 4.69) is 41.5 Å². The Kier molecular flexibility index (Phi) is 4.42. The molecule has 24 heavy (non-hydrogen) atoms. The van der Waals surface area contributed by atoms with Crippen molar-refractivity contribution in [3.05, 3.63) is 42.1 Å². The van der Waals surface area contributed by atoms with Gasteiger partial charge >= 0.3 is 0 Å². The molecule has 0 spiro atoms. The largest absolute Gasteiger partial charge is 0.361 e. The summed E-state index contributed by atoms with van der Waals surface area (Å²) in [6.45, 7) is 1.62. The Morgan fingerprint density at radius 1 is 1.17 bits per heavy atom. The van der Waals surface area contributed by atoms with Gasteiger partial charge in [-0.3, -0.25) is 4.79 Å². The van der Waals surface area contributed by atoms with Gasteiger partial charge in [0.1, 0.15) is 0 Å². The number of carbonyl (C=O) groups is 1. The van der Waals surface area contributed by atoms with Crippen LogP contribution in [-0.4, -0.2) is 28.9 Å². The van der Waals surface area contributed by atoms with Crippen molar-refractivity contribution in [1.29, 1.82) is 0 Å². The van der Waals surface area contributed by atoms with E-state index in [1.807, 2.05) is 4.90 Å². The van der Waals surface area contributed by atoms with Crippen molar-refractivity contribution in [1.82, 2.24) is 9.88 Å². The summed E-state index contributed by atoms with van der Waals surface area (Å²) in [5, 5.41) is 1.28. The number of hydrogen-bond donors (Lipinski definition) is 1. The van der Waals surface area contributed by atoms with Crippen molar-refractivity contribution >= 4 is 22.4 Å². The lowest BCUT2D eigenvalue weighted by Gasteiger charge is -2.29. The molecule has 3 nitrogen and oxygen atoms in total. The number of nitrogens with one attached hydrogen (secondary N) is 1. The minimum atomic E-state index is 0.358. The van der Waals surface area contributed by atoms with E-state index < -0.39 is 0 Å². The summed E-state index contributed by atoms with van der Waals surface area (Å²) in [5.41, 5.74) is 3.85.